The van der Waals surface area contributed by atoms with Crippen LogP contribution in [0.2, 0.25) is 0 Å². The van der Waals surface area contributed by atoms with Crippen molar-refractivity contribution in [1.29, 1.82) is 0 Å². The number of hydrogen-bond acceptors (Lipinski definition) is 3. The second kappa shape index (κ2) is 9.00. The minimum absolute atomic E-state index is 0.515. The quantitative estimate of drug-likeness (QED) is 0.258. The second-order valence-electron chi connectivity index (χ2n) is 11.9. The van der Waals surface area contributed by atoms with Gasteiger partial charge in [-0.3, -0.25) is 5.01 Å². The summed E-state index contributed by atoms with van der Waals surface area (Å²) in [5, 5.41) is 5.56. The Morgan fingerprint density at radius 3 is 2.57 bits per heavy atom. The molecule has 4 aliphatic carbocycles. The largest absolute Gasteiger partial charge is 0.322 e. The van der Waals surface area contributed by atoms with Gasteiger partial charge in [0.05, 0.1) is 0 Å². The van der Waals surface area contributed by atoms with Crippen LogP contribution in [0.4, 0.5) is 0 Å². The first-order valence-corrected chi connectivity index (χ1v) is 13.2. The van der Waals surface area contributed by atoms with E-state index >= 15 is 0 Å². The molecule has 0 radical (unpaired) electrons. The smallest absolute Gasteiger partial charge is 0.135 e. The average Bonchev–Trinajstić information content (AvgIpc) is 3.10. The third-order valence-electron chi connectivity index (χ3n) is 10.6. The Morgan fingerprint density at radius 2 is 1.83 bits per heavy atom. The minimum Gasteiger partial charge on any atom is -0.322 e. The van der Waals surface area contributed by atoms with Gasteiger partial charge in [-0.2, -0.15) is 5.10 Å². The molecule has 0 aromatic heterocycles. The number of hydrazone groups is 1. The van der Waals surface area contributed by atoms with Gasteiger partial charge in [0.25, 0.3) is 0 Å². The summed E-state index contributed by atoms with van der Waals surface area (Å²) in [6, 6.07) is 0. The summed E-state index contributed by atoms with van der Waals surface area (Å²) in [4.78, 5) is 0. The summed E-state index contributed by atoms with van der Waals surface area (Å²) in [7, 11) is 0. The molecule has 4 heteroatoms. The van der Waals surface area contributed by atoms with Gasteiger partial charge in [0.15, 0.2) is 0 Å². The van der Waals surface area contributed by atoms with Crippen LogP contribution in [0.5, 0.6) is 0 Å². The zero-order valence-corrected chi connectivity index (χ0v) is 20.2. The first-order chi connectivity index (χ1) is 14.4. The van der Waals surface area contributed by atoms with E-state index in [9.17, 15) is 0 Å². The van der Waals surface area contributed by atoms with Gasteiger partial charge in [-0.15, -0.1) is 0 Å². The highest BCUT2D eigenvalue weighted by Gasteiger charge is 2.57. The van der Waals surface area contributed by atoms with Crippen molar-refractivity contribution >= 4 is 5.84 Å². The number of rotatable bonds is 5. The number of hydrogen-bond donors (Lipinski definition) is 2. The Labute approximate surface area is 185 Å². The second-order valence-corrected chi connectivity index (χ2v) is 11.9. The van der Waals surface area contributed by atoms with Gasteiger partial charge in [0.1, 0.15) is 5.84 Å². The van der Waals surface area contributed by atoms with Crippen molar-refractivity contribution < 1.29 is 0 Å². The van der Waals surface area contributed by atoms with E-state index < -0.39 is 0 Å². The Morgan fingerprint density at radius 1 is 1.07 bits per heavy atom. The number of nitrogens with two attached hydrogens (primary N) is 2. The lowest BCUT2D eigenvalue weighted by atomic mass is 9.48. The van der Waals surface area contributed by atoms with Gasteiger partial charge in [0, 0.05) is 6.54 Å². The molecule has 0 bridgehead atoms. The molecule has 4 fully saturated rings. The predicted molar refractivity (Wildman–Crippen MR) is 126 cm³/mol. The van der Waals surface area contributed by atoms with Crippen molar-refractivity contribution in [3.63, 3.8) is 0 Å². The molecule has 30 heavy (non-hydrogen) atoms. The molecule has 4 rings (SSSR count). The molecule has 0 heterocycles. The minimum atomic E-state index is 0.515. The lowest BCUT2D eigenvalue weighted by Crippen LogP contribution is -2.50. The number of fused-ring (bicyclic) bond motifs is 5. The molecule has 0 saturated heterocycles. The van der Waals surface area contributed by atoms with Crippen molar-refractivity contribution in [2.75, 3.05) is 6.54 Å². The standard InChI is InChI=1S/C26H48N4/c1-5-6-19-7-9-21-20(15-19)8-10-23-22(21)13-14-26(4)24(11-12-25(23)26)17(2)16-30(28)18(3)29-27/h17,19-25H,5-16,27-28H2,1-4H3/b29-18-. The van der Waals surface area contributed by atoms with Crippen LogP contribution in [0.3, 0.4) is 0 Å². The van der Waals surface area contributed by atoms with E-state index in [-0.39, 0.29) is 0 Å². The molecule has 0 aromatic carbocycles. The van der Waals surface area contributed by atoms with Gasteiger partial charge >= 0.3 is 0 Å². The number of nitrogens with zero attached hydrogens (tertiary/aromatic N) is 2. The van der Waals surface area contributed by atoms with E-state index in [1.165, 1.54) is 57.8 Å². The summed E-state index contributed by atoms with van der Waals surface area (Å²) in [5.74, 6) is 20.0. The van der Waals surface area contributed by atoms with E-state index in [2.05, 4.69) is 25.9 Å². The Bertz CT molecular complexity index is 618. The topological polar surface area (TPSA) is 67.6 Å². The molecule has 0 aromatic rings. The van der Waals surface area contributed by atoms with Crippen LogP contribution in [0.25, 0.3) is 0 Å². The third kappa shape index (κ3) is 3.91. The molecular formula is C26H48N4. The van der Waals surface area contributed by atoms with Gasteiger partial charge in [0.2, 0.25) is 0 Å². The van der Waals surface area contributed by atoms with Crippen LogP contribution < -0.4 is 11.7 Å². The Kier molecular flexibility index (Phi) is 6.73. The van der Waals surface area contributed by atoms with Gasteiger partial charge < -0.3 is 5.84 Å². The van der Waals surface area contributed by atoms with Crippen molar-refractivity contribution in [3.8, 4) is 0 Å². The van der Waals surface area contributed by atoms with E-state index in [1.54, 1.807) is 17.9 Å². The van der Waals surface area contributed by atoms with Crippen molar-refractivity contribution in [2.24, 2.45) is 69.5 Å². The molecule has 0 amide bonds. The summed E-state index contributed by atoms with van der Waals surface area (Å²) in [5.41, 5.74) is 0.515. The van der Waals surface area contributed by atoms with Gasteiger partial charge in [-0.1, -0.05) is 40.0 Å². The van der Waals surface area contributed by atoms with Gasteiger partial charge in [-0.25, -0.2) is 5.84 Å². The van der Waals surface area contributed by atoms with Crippen LogP contribution in [0, 0.1) is 52.8 Å². The van der Waals surface area contributed by atoms with E-state index in [0.717, 1.165) is 53.8 Å². The summed E-state index contributed by atoms with van der Waals surface area (Å²) in [6.45, 7) is 10.2. The first kappa shape index (κ1) is 22.4. The molecule has 0 aliphatic heterocycles. The molecule has 4 nitrogen and oxygen atoms in total. The summed E-state index contributed by atoms with van der Waals surface area (Å²) in [6.07, 6.45) is 16.3. The lowest BCUT2D eigenvalue weighted by molar-refractivity contribution is -0.0747. The van der Waals surface area contributed by atoms with E-state index in [4.69, 9.17) is 11.7 Å². The van der Waals surface area contributed by atoms with Crippen molar-refractivity contribution in [1.82, 2.24) is 5.01 Å². The number of hydrazine groups is 1. The van der Waals surface area contributed by atoms with Crippen LogP contribution in [0.1, 0.15) is 98.3 Å². The van der Waals surface area contributed by atoms with Crippen LogP contribution in [-0.2, 0) is 0 Å². The van der Waals surface area contributed by atoms with Crippen LogP contribution in [-0.4, -0.2) is 17.4 Å². The molecule has 0 spiro atoms. The highest BCUT2D eigenvalue weighted by molar-refractivity contribution is 5.78. The van der Waals surface area contributed by atoms with Crippen molar-refractivity contribution in [3.05, 3.63) is 0 Å². The third-order valence-corrected chi connectivity index (χ3v) is 10.6. The predicted octanol–water partition coefficient (Wildman–Crippen LogP) is 5.78. The van der Waals surface area contributed by atoms with Crippen LogP contribution >= 0.6 is 0 Å². The average molecular weight is 417 g/mol. The molecule has 4 N–H and O–H groups in total. The molecule has 172 valence electrons. The lowest BCUT2D eigenvalue weighted by Gasteiger charge is -2.57. The number of amidine groups is 1. The van der Waals surface area contributed by atoms with E-state index in [1.807, 2.05) is 6.92 Å². The highest BCUT2D eigenvalue weighted by atomic mass is 15.4. The zero-order valence-electron chi connectivity index (χ0n) is 20.2. The SMILES string of the molecule is CCCC1CCC2C(CCC3C2CCC2(C)C(C(C)CN(N)/C(C)=N\N)CCC32)C1. The molecule has 4 aliphatic rings. The van der Waals surface area contributed by atoms with Gasteiger partial charge in [-0.05, 0) is 111 Å². The Balaban J connectivity index is 1.43. The molecule has 4 saturated carbocycles. The Hall–Kier alpha value is -0.770. The summed E-state index contributed by atoms with van der Waals surface area (Å²) >= 11 is 0. The normalized spacial score (nSPS) is 44.7. The summed E-state index contributed by atoms with van der Waals surface area (Å²) < 4.78 is 0. The monoisotopic (exact) mass is 416 g/mol. The molecule has 9 unspecified atom stereocenters. The fourth-order valence-electron chi connectivity index (χ4n) is 9.24. The maximum absolute atomic E-state index is 6.24. The van der Waals surface area contributed by atoms with Crippen LogP contribution in [0.15, 0.2) is 5.10 Å². The fraction of sp³-hybridized carbons (Fsp3) is 0.962. The molecular weight excluding hydrogens is 368 g/mol. The van der Waals surface area contributed by atoms with Crippen molar-refractivity contribution in [2.45, 2.75) is 98.3 Å². The fourth-order valence-corrected chi connectivity index (χ4v) is 9.24. The zero-order chi connectivity index (χ0) is 21.5. The maximum Gasteiger partial charge on any atom is 0.135 e. The maximum atomic E-state index is 6.24. The first-order valence-electron chi connectivity index (χ1n) is 13.2. The molecule has 9 atom stereocenters. The van der Waals surface area contributed by atoms with E-state index in [0.29, 0.717) is 11.3 Å². The highest BCUT2D eigenvalue weighted by Crippen LogP contribution is 2.65.